The van der Waals surface area contributed by atoms with Crippen LogP contribution in [0, 0.1) is 0 Å². The lowest BCUT2D eigenvalue weighted by molar-refractivity contribution is -0.141. The lowest BCUT2D eigenvalue weighted by Gasteiger charge is -2.29. The smallest absolute Gasteiger partial charge is 0.243 e. The van der Waals surface area contributed by atoms with Crippen molar-refractivity contribution >= 4 is 23.6 Å². The Morgan fingerprint density at radius 3 is 2.59 bits per heavy atom. The van der Waals surface area contributed by atoms with Crippen LogP contribution in [-0.4, -0.2) is 40.3 Å². The predicted molar refractivity (Wildman–Crippen MR) is 68.6 cm³/mol. The van der Waals surface area contributed by atoms with E-state index in [0.717, 1.165) is 31.4 Å². The Hall–Kier alpha value is -0.550. The number of likely N-dealkylation sites (tertiary alicyclic amines) is 1. The van der Waals surface area contributed by atoms with E-state index in [0.29, 0.717) is 13.0 Å². The number of nitrogens with two attached hydrogens (primary N) is 1. The Kier molecular flexibility index (Phi) is 4.45. The van der Waals surface area contributed by atoms with Crippen LogP contribution < -0.4 is 5.73 Å². The minimum atomic E-state index is -0.173. The molecule has 2 fully saturated rings. The zero-order valence-electron chi connectivity index (χ0n) is 10.1. The van der Waals surface area contributed by atoms with Crippen molar-refractivity contribution in [2.45, 2.75) is 49.8 Å². The number of carbonyl (C=O) groups excluding carboxylic acids is 2. The first kappa shape index (κ1) is 12.9. The van der Waals surface area contributed by atoms with Gasteiger partial charge in [-0.25, -0.2) is 0 Å². The molecule has 1 unspecified atom stereocenters. The SMILES string of the molecule is NCCSC1CC(=O)N(C2CCCCC2)C1=O. The second-order valence-electron chi connectivity index (χ2n) is 4.75. The molecule has 0 aromatic heterocycles. The summed E-state index contributed by atoms with van der Waals surface area (Å²) in [4.78, 5) is 25.6. The molecule has 0 radical (unpaired) electrons. The van der Waals surface area contributed by atoms with Gasteiger partial charge in [0, 0.05) is 24.8 Å². The summed E-state index contributed by atoms with van der Waals surface area (Å²) in [5.74, 6) is 0.805. The van der Waals surface area contributed by atoms with Crippen molar-refractivity contribution in [2.24, 2.45) is 5.73 Å². The number of hydrogen-bond donors (Lipinski definition) is 1. The van der Waals surface area contributed by atoms with E-state index in [-0.39, 0.29) is 23.1 Å². The summed E-state index contributed by atoms with van der Waals surface area (Å²) in [6.07, 6.45) is 5.88. The second-order valence-corrected chi connectivity index (χ2v) is 6.06. The van der Waals surface area contributed by atoms with E-state index in [1.165, 1.54) is 18.2 Å². The van der Waals surface area contributed by atoms with Crippen LogP contribution in [0.3, 0.4) is 0 Å². The number of nitrogens with zero attached hydrogens (tertiary/aromatic N) is 1. The fourth-order valence-electron chi connectivity index (χ4n) is 2.69. The minimum absolute atomic E-state index is 0.0245. The quantitative estimate of drug-likeness (QED) is 0.766. The van der Waals surface area contributed by atoms with E-state index >= 15 is 0 Å². The second kappa shape index (κ2) is 5.87. The Morgan fingerprint density at radius 2 is 1.94 bits per heavy atom. The molecule has 4 nitrogen and oxygen atoms in total. The number of hydrogen-bond acceptors (Lipinski definition) is 4. The molecule has 1 aliphatic heterocycles. The van der Waals surface area contributed by atoms with Crippen LogP contribution in [0.1, 0.15) is 38.5 Å². The molecule has 0 aromatic carbocycles. The summed E-state index contributed by atoms with van der Waals surface area (Å²) in [6, 6.07) is 0.173. The minimum Gasteiger partial charge on any atom is -0.330 e. The molecule has 1 saturated heterocycles. The highest BCUT2D eigenvalue weighted by molar-refractivity contribution is 8.00. The number of carbonyl (C=O) groups is 2. The van der Waals surface area contributed by atoms with E-state index in [1.54, 1.807) is 4.90 Å². The van der Waals surface area contributed by atoms with E-state index < -0.39 is 0 Å². The molecular weight excluding hydrogens is 236 g/mol. The Balaban J connectivity index is 1.97. The number of imide groups is 1. The molecule has 0 spiro atoms. The molecule has 5 heteroatoms. The average Bonchev–Trinajstić information content (AvgIpc) is 2.63. The van der Waals surface area contributed by atoms with E-state index in [9.17, 15) is 9.59 Å². The third-order valence-corrected chi connectivity index (χ3v) is 4.76. The molecular formula is C12H20N2O2S. The number of rotatable bonds is 4. The molecule has 1 aliphatic carbocycles. The highest BCUT2D eigenvalue weighted by atomic mass is 32.2. The summed E-state index contributed by atoms with van der Waals surface area (Å²) >= 11 is 1.53. The van der Waals surface area contributed by atoms with E-state index in [4.69, 9.17) is 5.73 Å². The molecule has 2 N–H and O–H groups in total. The monoisotopic (exact) mass is 256 g/mol. The van der Waals surface area contributed by atoms with Crippen LogP contribution in [0.25, 0.3) is 0 Å². The van der Waals surface area contributed by atoms with Gasteiger partial charge in [-0.15, -0.1) is 11.8 Å². The lowest BCUT2D eigenvalue weighted by Crippen LogP contribution is -2.41. The predicted octanol–water partition coefficient (Wildman–Crippen LogP) is 1.14. The summed E-state index contributed by atoms with van der Waals surface area (Å²) in [5, 5.41) is -0.173. The molecule has 2 aliphatic rings. The van der Waals surface area contributed by atoms with Gasteiger partial charge < -0.3 is 5.73 Å². The van der Waals surface area contributed by atoms with Gasteiger partial charge in [0.25, 0.3) is 0 Å². The molecule has 96 valence electrons. The summed E-state index contributed by atoms with van der Waals surface area (Å²) < 4.78 is 0. The fourth-order valence-corrected chi connectivity index (χ4v) is 3.62. The average molecular weight is 256 g/mol. The zero-order chi connectivity index (χ0) is 12.3. The summed E-state index contributed by atoms with van der Waals surface area (Å²) in [5.41, 5.74) is 5.43. The van der Waals surface area contributed by atoms with Gasteiger partial charge in [-0.2, -0.15) is 0 Å². The third-order valence-electron chi connectivity index (χ3n) is 3.52. The summed E-state index contributed by atoms with van der Waals surface area (Å²) in [6.45, 7) is 0.562. The maximum atomic E-state index is 12.2. The normalized spacial score (nSPS) is 26.9. The van der Waals surface area contributed by atoms with Crippen molar-refractivity contribution in [1.29, 1.82) is 0 Å². The van der Waals surface area contributed by atoms with Gasteiger partial charge in [0.1, 0.15) is 0 Å². The van der Waals surface area contributed by atoms with Crippen molar-refractivity contribution in [1.82, 2.24) is 4.90 Å². The van der Waals surface area contributed by atoms with Gasteiger partial charge in [0.2, 0.25) is 11.8 Å². The molecule has 1 heterocycles. The van der Waals surface area contributed by atoms with Crippen LogP contribution in [-0.2, 0) is 9.59 Å². The maximum Gasteiger partial charge on any atom is 0.243 e. The van der Waals surface area contributed by atoms with E-state index in [1.807, 2.05) is 0 Å². The maximum absolute atomic E-state index is 12.2. The lowest BCUT2D eigenvalue weighted by atomic mass is 9.94. The van der Waals surface area contributed by atoms with Crippen molar-refractivity contribution in [3.63, 3.8) is 0 Å². The first-order valence-corrected chi connectivity index (χ1v) is 7.46. The largest absolute Gasteiger partial charge is 0.330 e. The molecule has 17 heavy (non-hydrogen) atoms. The Labute approximate surface area is 106 Å². The summed E-state index contributed by atoms with van der Waals surface area (Å²) in [7, 11) is 0. The first-order valence-electron chi connectivity index (χ1n) is 6.41. The Bertz CT molecular complexity index is 303. The molecule has 0 aromatic rings. The third kappa shape index (κ3) is 2.83. The highest BCUT2D eigenvalue weighted by Crippen LogP contribution is 2.31. The first-order chi connectivity index (χ1) is 8.24. The molecule has 1 saturated carbocycles. The standard InChI is InChI=1S/C12H20N2O2S/c13-6-7-17-10-8-11(15)14(12(10)16)9-4-2-1-3-5-9/h9-10H,1-8,13H2. The molecule has 2 amide bonds. The number of thioether (sulfide) groups is 1. The van der Waals surface area contributed by atoms with Gasteiger partial charge in [-0.3, -0.25) is 14.5 Å². The van der Waals surface area contributed by atoms with Gasteiger partial charge in [-0.05, 0) is 12.8 Å². The highest BCUT2D eigenvalue weighted by Gasteiger charge is 2.42. The molecule has 0 bridgehead atoms. The van der Waals surface area contributed by atoms with Crippen molar-refractivity contribution in [3.05, 3.63) is 0 Å². The van der Waals surface area contributed by atoms with Crippen molar-refractivity contribution < 1.29 is 9.59 Å². The van der Waals surface area contributed by atoms with Gasteiger partial charge in [0.05, 0.1) is 5.25 Å². The van der Waals surface area contributed by atoms with Crippen LogP contribution >= 0.6 is 11.8 Å². The van der Waals surface area contributed by atoms with Crippen molar-refractivity contribution in [2.75, 3.05) is 12.3 Å². The van der Waals surface area contributed by atoms with Gasteiger partial charge >= 0.3 is 0 Å². The van der Waals surface area contributed by atoms with Crippen LogP contribution in [0.2, 0.25) is 0 Å². The fraction of sp³-hybridized carbons (Fsp3) is 0.833. The topological polar surface area (TPSA) is 63.4 Å². The van der Waals surface area contributed by atoms with E-state index in [2.05, 4.69) is 0 Å². The zero-order valence-corrected chi connectivity index (χ0v) is 10.9. The van der Waals surface area contributed by atoms with Crippen LogP contribution in [0.4, 0.5) is 0 Å². The Morgan fingerprint density at radius 1 is 1.24 bits per heavy atom. The van der Waals surface area contributed by atoms with Gasteiger partial charge in [-0.1, -0.05) is 19.3 Å². The number of amides is 2. The van der Waals surface area contributed by atoms with Gasteiger partial charge in [0.15, 0.2) is 0 Å². The molecule has 1 atom stereocenters. The molecule has 2 rings (SSSR count). The van der Waals surface area contributed by atoms with Crippen LogP contribution in [0.15, 0.2) is 0 Å². The van der Waals surface area contributed by atoms with Crippen LogP contribution in [0.5, 0.6) is 0 Å². The van der Waals surface area contributed by atoms with Crippen molar-refractivity contribution in [3.8, 4) is 0 Å².